The molecule has 0 bridgehead atoms. The van der Waals surface area contributed by atoms with Gasteiger partial charge in [0.1, 0.15) is 5.82 Å². The monoisotopic (exact) mass is 234 g/mol. The van der Waals surface area contributed by atoms with Crippen LogP contribution in [0.5, 0.6) is 0 Å². The van der Waals surface area contributed by atoms with Crippen molar-refractivity contribution in [1.82, 2.24) is 10.2 Å². The number of benzene rings is 1. The van der Waals surface area contributed by atoms with Crippen LogP contribution in [-0.2, 0) is 0 Å². The Hall–Kier alpha value is -1.74. The van der Waals surface area contributed by atoms with Gasteiger partial charge in [-0.15, -0.1) is 0 Å². The molecule has 0 aliphatic rings. The molecule has 0 fully saturated rings. The van der Waals surface area contributed by atoms with Crippen molar-refractivity contribution in [3.63, 3.8) is 0 Å². The molecular formula is C12H8ClFN2. The van der Waals surface area contributed by atoms with Crippen LogP contribution in [0.15, 0.2) is 36.7 Å². The fourth-order valence-corrected chi connectivity index (χ4v) is 1.40. The van der Waals surface area contributed by atoms with Crippen LogP contribution < -0.4 is 0 Å². The molecule has 1 aromatic carbocycles. The molecule has 0 saturated heterocycles. The van der Waals surface area contributed by atoms with E-state index >= 15 is 0 Å². The molecule has 0 unspecified atom stereocenters. The number of hydrogen-bond acceptors (Lipinski definition) is 2. The molecule has 0 atom stereocenters. The number of hydrogen-bond donors (Lipinski definition) is 0. The molecule has 0 radical (unpaired) electrons. The standard InChI is InChI=1S/C12H8ClFN2/c13-11-7-9(3-4-12(11)14)1-2-10-5-6-15-16-8-10/h1-8H. The van der Waals surface area contributed by atoms with E-state index in [2.05, 4.69) is 10.2 Å². The Balaban J connectivity index is 2.21. The van der Waals surface area contributed by atoms with Crippen LogP contribution in [0.3, 0.4) is 0 Å². The first-order chi connectivity index (χ1) is 7.75. The molecule has 2 rings (SSSR count). The Labute approximate surface area is 97.4 Å². The third-order valence-corrected chi connectivity index (χ3v) is 2.31. The van der Waals surface area contributed by atoms with E-state index in [0.29, 0.717) is 0 Å². The third kappa shape index (κ3) is 2.64. The predicted octanol–water partition coefficient (Wildman–Crippen LogP) is 3.44. The van der Waals surface area contributed by atoms with Crippen molar-refractivity contribution in [2.24, 2.45) is 0 Å². The summed E-state index contributed by atoms with van der Waals surface area (Å²) in [5, 5.41) is 7.53. The number of nitrogens with zero attached hydrogens (tertiary/aromatic N) is 2. The quantitative estimate of drug-likeness (QED) is 0.796. The van der Waals surface area contributed by atoms with E-state index in [4.69, 9.17) is 11.6 Å². The second kappa shape index (κ2) is 4.86. The van der Waals surface area contributed by atoms with Crippen LogP contribution >= 0.6 is 11.6 Å². The van der Waals surface area contributed by atoms with Gasteiger partial charge in [0.25, 0.3) is 0 Å². The minimum Gasteiger partial charge on any atom is -0.205 e. The fraction of sp³-hybridized carbons (Fsp3) is 0. The maximum atomic E-state index is 12.9. The van der Waals surface area contributed by atoms with Gasteiger partial charge in [-0.3, -0.25) is 0 Å². The van der Waals surface area contributed by atoms with Gasteiger partial charge in [-0.2, -0.15) is 10.2 Å². The van der Waals surface area contributed by atoms with Gasteiger partial charge in [0.2, 0.25) is 0 Å². The molecule has 0 N–H and O–H groups in total. The second-order valence-electron chi connectivity index (χ2n) is 3.18. The normalized spacial score (nSPS) is 10.9. The van der Waals surface area contributed by atoms with E-state index in [1.54, 1.807) is 24.5 Å². The summed E-state index contributed by atoms with van der Waals surface area (Å²) in [4.78, 5) is 0. The van der Waals surface area contributed by atoms with Crippen LogP contribution in [0.1, 0.15) is 11.1 Å². The van der Waals surface area contributed by atoms with Crippen LogP contribution in [-0.4, -0.2) is 10.2 Å². The Bertz CT molecular complexity index is 512. The number of aromatic nitrogens is 2. The Morgan fingerprint density at radius 2 is 1.88 bits per heavy atom. The summed E-state index contributed by atoms with van der Waals surface area (Å²) in [5.74, 6) is -0.413. The minimum absolute atomic E-state index is 0.120. The molecule has 4 heteroatoms. The van der Waals surface area contributed by atoms with E-state index < -0.39 is 5.82 Å². The average Bonchev–Trinajstić information content (AvgIpc) is 2.32. The lowest BCUT2D eigenvalue weighted by Crippen LogP contribution is -1.80. The molecule has 0 spiro atoms. The summed E-state index contributed by atoms with van der Waals surface area (Å²) >= 11 is 5.66. The molecule has 16 heavy (non-hydrogen) atoms. The van der Waals surface area contributed by atoms with Crippen molar-refractivity contribution in [2.75, 3.05) is 0 Å². The van der Waals surface area contributed by atoms with E-state index in [1.165, 1.54) is 6.07 Å². The van der Waals surface area contributed by atoms with E-state index in [1.807, 2.05) is 18.2 Å². The highest BCUT2D eigenvalue weighted by Crippen LogP contribution is 2.17. The van der Waals surface area contributed by atoms with Gasteiger partial charge in [0.05, 0.1) is 17.4 Å². The Kier molecular flexibility index (Phi) is 3.27. The van der Waals surface area contributed by atoms with Crippen molar-refractivity contribution in [3.05, 3.63) is 58.6 Å². The summed E-state index contributed by atoms with van der Waals surface area (Å²) in [6, 6.07) is 6.40. The van der Waals surface area contributed by atoms with Gasteiger partial charge in [0.15, 0.2) is 0 Å². The third-order valence-electron chi connectivity index (χ3n) is 2.02. The van der Waals surface area contributed by atoms with Crippen molar-refractivity contribution in [3.8, 4) is 0 Å². The van der Waals surface area contributed by atoms with Gasteiger partial charge in [0, 0.05) is 0 Å². The zero-order chi connectivity index (χ0) is 11.4. The fourth-order valence-electron chi connectivity index (χ4n) is 1.21. The molecule has 0 saturated carbocycles. The van der Waals surface area contributed by atoms with E-state index in [0.717, 1.165) is 11.1 Å². The highest BCUT2D eigenvalue weighted by Gasteiger charge is 1.97. The zero-order valence-corrected chi connectivity index (χ0v) is 9.03. The van der Waals surface area contributed by atoms with Crippen molar-refractivity contribution in [2.45, 2.75) is 0 Å². The SMILES string of the molecule is Fc1ccc(C=Cc2ccnnc2)cc1Cl. The summed E-state index contributed by atoms with van der Waals surface area (Å²) in [6.45, 7) is 0. The molecule has 2 aromatic rings. The maximum Gasteiger partial charge on any atom is 0.141 e. The molecule has 80 valence electrons. The summed E-state index contributed by atoms with van der Waals surface area (Å²) in [5.41, 5.74) is 1.76. The molecular weight excluding hydrogens is 227 g/mol. The van der Waals surface area contributed by atoms with Crippen molar-refractivity contribution in [1.29, 1.82) is 0 Å². The second-order valence-corrected chi connectivity index (χ2v) is 3.59. The van der Waals surface area contributed by atoms with E-state index in [9.17, 15) is 4.39 Å². The summed E-state index contributed by atoms with van der Waals surface area (Å²) in [6.07, 6.45) is 6.94. The van der Waals surface area contributed by atoms with Gasteiger partial charge in [-0.25, -0.2) is 4.39 Å². The van der Waals surface area contributed by atoms with Crippen molar-refractivity contribution >= 4 is 23.8 Å². The lowest BCUT2D eigenvalue weighted by atomic mass is 10.2. The molecule has 2 nitrogen and oxygen atoms in total. The first kappa shape index (κ1) is 10.8. The molecule has 0 aliphatic heterocycles. The Morgan fingerprint density at radius 1 is 1.06 bits per heavy atom. The number of rotatable bonds is 2. The molecule has 1 aromatic heterocycles. The van der Waals surface area contributed by atoms with Crippen LogP contribution in [0.4, 0.5) is 4.39 Å². The first-order valence-electron chi connectivity index (χ1n) is 4.65. The molecule has 0 amide bonds. The van der Waals surface area contributed by atoms with Crippen LogP contribution in [0.25, 0.3) is 12.2 Å². The topological polar surface area (TPSA) is 25.8 Å². The van der Waals surface area contributed by atoms with Crippen LogP contribution in [0.2, 0.25) is 5.02 Å². The summed E-state index contributed by atoms with van der Waals surface area (Å²) in [7, 11) is 0. The Morgan fingerprint density at radius 3 is 2.56 bits per heavy atom. The maximum absolute atomic E-state index is 12.9. The minimum atomic E-state index is -0.413. The summed E-state index contributed by atoms with van der Waals surface area (Å²) < 4.78 is 12.9. The van der Waals surface area contributed by atoms with Gasteiger partial charge >= 0.3 is 0 Å². The lowest BCUT2D eigenvalue weighted by molar-refractivity contribution is 0.628. The van der Waals surface area contributed by atoms with Crippen LogP contribution in [0, 0.1) is 5.82 Å². The predicted molar refractivity (Wildman–Crippen MR) is 62.4 cm³/mol. The largest absolute Gasteiger partial charge is 0.205 e. The van der Waals surface area contributed by atoms with Gasteiger partial charge in [-0.05, 0) is 29.3 Å². The molecule has 1 heterocycles. The number of halogens is 2. The van der Waals surface area contributed by atoms with E-state index in [-0.39, 0.29) is 5.02 Å². The smallest absolute Gasteiger partial charge is 0.141 e. The average molecular weight is 235 g/mol. The molecule has 0 aliphatic carbocycles. The van der Waals surface area contributed by atoms with Crippen molar-refractivity contribution < 1.29 is 4.39 Å². The van der Waals surface area contributed by atoms with Gasteiger partial charge in [-0.1, -0.05) is 29.8 Å². The zero-order valence-electron chi connectivity index (χ0n) is 8.27. The highest BCUT2D eigenvalue weighted by molar-refractivity contribution is 6.30. The lowest BCUT2D eigenvalue weighted by Gasteiger charge is -1.96. The first-order valence-corrected chi connectivity index (χ1v) is 5.03. The van der Waals surface area contributed by atoms with Gasteiger partial charge < -0.3 is 0 Å². The highest BCUT2D eigenvalue weighted by atomic mass is 35.5.